The molecule has 3 N–H and O–H groups in total. The van der Waals surface area contributed by atoms with Crippen molar-refractivity contribution >= 4 is 5.91 Å². The number of nitrogens with two attached hydrogens (primary N) is 1. The number of alkyl halides is 3. The monoisotopic (exact) mass is 344 g/mol. The molecule has 1 amide bonds. The Labute approximate surface area is 139 Å². The van der Waals surface area contributed by atoms with Crippen LogP contribution in [-0.2, 0) is 16.6 Å². The van der Waals surface area contributed by atoms with Gasteiger partial charge in [-0.25, -0.2) is 0 Å². The Morgan fingerprint density at radius 3 is 2.42 bits per heavy atom. The molecule has 0 saturated carbocycles. The lowest BCUT2D eigenvalue weighted by Crippen LogP contribution is -2.43. The maximum atomic E-state index is 12.8. The molecular formula is C17H23F3N2O2. The van der Waals surface area contributed by atoms with E-state index in [-0.39, 0.29) is 23.9 Å². The van der Waals surface area contributed by atoms with Crippen molar-refractivity contribution in [3.8, 4) is 0 Å². The maximum absolute atomic E-state index is 12.8. The normalized spacial score (nSPS) is 19.9. The average Bonchev–Trinajstić information content (AvgIpc) is 2.48. The van der Waals surface area contributed by atoms with Gasteiger partial charge in [-0.15, -0.1) is 0 Å². The summed E-state index contributed by atoms with van der Waals surface area (Å²) in [4.78, 5) is 13.0. The molecule has 1 aromatic rings. The second-order valence-electron chi connectivity index (χ2n) is 6.74. The minimum atomic E-state index is -4.43. The average molecular weight is 344 g/mol. The second-order valence-corrected chi connectivity index (χ2v) is 6.74. The number of amides is 1. The topological polar surface area (TPSA) is 66.6 Å². The van der Waals surface area contributed by atoms with Crippen molar-refractivity contribution in [1.82, 2.24) is 4.90 Å². The highest BCUT2D eigenvalue weighted by Crippen LogP contribution is 2.33. The zero-order valence-corrected chi connectivity index (χ0v) is 13.6. The van der Waals surface area contributed by atoms with Crippen LogP contribution in [0.25, 0.3) is 0 Å². The zero-order valence-electron chi connectivity index (χ0n) is 13.6. The van der Waals surface area contributed by atoms with Crippen molar-refractivity contribution in [3.05, 3.63) is 35.4 Å². The van der Waals surface area contributed by atoms with Gasteiger partial charge in [-0.1, -0.05) is 12.1 Å². The molecule has 24 heavy (non-hydrogen) atoms. The Balaban J connectivity index is 2.00. The Morgan fingerprint density at radius 1 is 1.29 bits per heavy atom. The molecule has 0 spiro atoms. The molecular weight excluding hydrogens is 321 g/mol. The predicted molar refractivity (Wildman–Crippen MR) is 84.0 cm³/mol. The number of likely N-dealkylation sites (tertiary alicyclic amines) is 1. The zero-order chi connectivity index (χ0) is 18.0. The van der Waals surface area contributed by atoms with E-state index in [0.717, 1.165) is 25.0 Å². The van der Waals surface area contributed by atoms with Gasteiger partial charge in [0.15, 0.2) is 0 Å². The van der Waals surface area contributed by atoms with Crippen molar-refractivity contribution < 1.29 is 23.1 Å². The summed E-state index contributed by atoms with van der Waals surface area (Å²) >= 11 is 0. The Hall–Kier alpha value is -1.60. The predicted octanol–water partition coefficient (Wildman–Crippen LogP) is 2.50. The number of aliphatic hydroxyl groups is 1. The highest BCUT2D eigenvalue weighted by molar-refractivity contribution is 5.73. The van der Waals surface area contributed by atoms with E-state index < -0.39 is 17.3 Å². The Kier molecular flexibility index (Phi) is 5.55. The first-order valence-corrected chi connectivity index (χ1v) is 7.99. The third kappa shape index (κ3) is 4.95. The smallest absolute Gasteiger partial charge is 0.384 e. The third-order valence-corrected chi connectivity index (χ3v) is 4.54. The molecule has 1 aliphatic heterocycles. The molecule has 0 bridgehead atoms. The van der Waals surface area contributed by atoms with Gasteiger partial charge in [0.2, 0.25) is 5.91 Å². The molecule has 134 valence electrons. The number of piperidine rings is 1. The Bertz CT molecular complexity index is 579. The summed E-state index contributed by atoms with van der Waals surface area (Å²) < 4.78 is 38.5. The van der Waals surface area contributed by atoms with E-state index in [0.29, 0.717) is 19.5 Å². The first kappa shape index (κ1) is 18.7. The van der Waals surface area contributed by atoms with Gasteiger partial charge in [0.05, 0.1) is 11.2 Å². The van der Waals surface area contributed by atoms with E-state index in [1.807, 2.05) is 4.90 Å². The number of halogens is 3. The van der Waals surface area contributed by atoms with E-state index >= 15 is 0 Å². The van der Waals surface area contributed by atoms with E-state index in [2.05, 4.69) is 0 Å². The van der Waals surface area contributed by atoms with E-state index in [9.17, 15) is 23.1 Å². The van der Waals surface area contributed by atoms with E-state index in [1.54, 1.807) is 0 Å². The molecule has 1 aromatic carbocycles. The number of β-amino-alcohol motifs (C(OH)–C–C–N with tert-alkyl or cyclic N) is 1. The SMILES string of the molecule is C[C@](O)(CN1CCC(CC(N)=O)CC1)c1cccc(C(F)(F)F)c1. The first-order chi connectivity index (χ1) is 11.1. The number of carbonyl (C=O) groups is 1. The summed E-state index contributed by atoms with van der Waals surface area (Å²) in [6.45, 7) is 3.15. The fourth-order valence-corrected chi connectivity index (χ4v) is 3.19. The number of rotatable bonds is 5. The Morgan fingerprint density at radius 2 is 1.88 bits per heavy atom. The molecule has 0 aromatic heterocycles. The van der Waals surface area contributed by atoms with Crippen molar-refractivity contribution in [2.75, 3.05) is 19.6 Å². The summed E-state index contributed by atoms with van der Waals surface area (Å²) in [5.74, 6) is -0.0679. The molecule has 1 fully saturated rings. The van der Waals surface area contributed by atoms with Gasteiger partial charge in [-0.05, 0) is 56.5 Å². The van der Waals surface area contributed by atoms with Gasteiger partial charge in [0, 0.05) is 13.0 Å². The fourth-order valence-electron chi connectivity index (χ4n) is 3.19. The number of hydrogen-bond donors (Lipinski definition) is 2. The van der Waals surface area contributed by atoms with Crippen molar-refractivity contribution in [1.29, 1.82) is 0 Å². The lowest BCUT2D eigenvalue weighted by Gasteiger charge is -2.36. The van der Waals surface area contributed by atoms with Crippen molar-refractivity contribution in [2.24, 2.45) is 11.7 Å². The summed E-state index contributed by atoms with van der Waals surface area (Å²) in [6, 6.07) is 4.82. The van der Waals surface area contributed by atoms with Gasteiger partial charge >= 0.3 is 6.18 Å². The minimum Gasteiger partial charge on any atom is -0.384 e. The standard InChI is InChI=1S/C17H23F3N2O2/c1-16(24,13-3-2-4-14(10-13)17(18,19)20)11-22-7-5-12(6-8-22)9-15(21)23/h2-4,10,12,24H,5-9,11H2,1H3,(H2,21,23)/t16-/m0/s1. The van der Waals surface area contributed by atoms with E-state index in [1.165, 1.54) is 19.1 Å². The number of hydrogen-bond acceptors (Lipinski definition) is 3. The molecule has 7 heteroatoms. The van der Waals surface area contributed by atoms with Gasteiger partial charge in [0.1, 0.15) is 0 Å². The fraction of sp³-hybridized carbons (Fsp3) is 0.588. The second kappa shape index (κ2) is 7.11. The highest BCUT2D eigenvalue weighted by Gasteiger charge is 2.34. The molecule has 1 atom stereocenters. The van der Waals surface area contributed by atoms with Crippen LogP contribution in [0.3, 0.4) is 0 Å². The van der Waals surface area contributed by atoms with Gasteiger partial charge in [0.25, 0.3) is 0 Å². The third-order valence-electron chi connectivity index (χ3n) is 4.54. The molecule has 1 aliphatic rings. The summed E-state index contributed by atoms with van der Waals surface area (Å²) in [7, 11) is 0. The van der Waals surface area contributed by atoms with Crippen LogP contribution in [-0.4, -0.2) is 35.5 Å². The number of carbonyl (C=O) groups excluding carboxylic acids is 1. The molecule has 4 nitrogen and oxygen atoms in total. The molecule has 2 rings (SSSR count). The van der Waals surface area contributed by atoms with Crippen LogP contribution in [0, 0.1) is 5.92 Å². The first-order valence-electron chi connectivity index (χ1n) is 7.99. The lowest BCUT2D eigenvalue weighted by molar-refractivity contribution is -0.137. The van der Waals surface area contributed by atoms with Crippen molar-refractivity contribution in [2.45, 2.75) is 38.0 Å². The highest BCUT2D eigenvalue weighted by atomic mass is 19.4. The summed E-state index contributed by atoms with van der Waals surface area (Å²) in [6.07, 6.45) is -2.49. The molecule has 0 radical (unpaired) electrons. The maximum Gasteiger partial charge on any atom is 0.416 e. The minimum absolute atomic E-state index is 0.247. The number of primary amides is 1. The van der Waals surface area contributed by atoms with Crippen LogP contribution < -0.4 is 5.73 Å². The van der Waals surface area contributed by atoms with Crippen LogP contribution >= 0.6 is 0 Å². The van der Waals surface area contributed by atoms with Crippen molar-refractivity contribution in [3.63, 3.8) is 0 Å². The summed E-state index contributed by atoms with van der Waals surface area (Å²) in [5.41, 5.74) is 3.31. The van der Waals surface area contributed by atoms with Crippen LogP contribution in [0.5, 0.6) is 0 Å². The summed E-state index contributed by atoms with van der Waals surface area (Å²) in [5, 5.41) is 10.7. The van der Waals surface area contributed by atoms with Crippen LogP contribution in [0.2, 0.25) is 0 Å². The number of benzene rings is 1. The van der Waals surface area contributed by atoms with Crippen LogP contribution in [0.15, 0.2) is 24.3 Å². The molecule has 0 unspecified atom stereocenters. The molecule has 1 saturated heterocycles. The van der Waals surface area contributed by atoms with E-state index in [4.69, 9.17) is 5.73 Å². The molecule has 1 heterocycles. The largest absolute Gasteiger partial charge is 0.416 e. The van der Waals surface area contributed by atoms with Crippen LogP contribution in [0.1, 0.15) is 37.3 Å². The quantitative estimate of drug-likeness (QED) is 0.862. The molecule has 0 aliphatic carbocycles. The number of nitrogens with zero attached hydrogens (tertiary/aromatic N) is 1. The lowest BCUT2D eigenvalue weighted by atomic mass is 9.90. The van der Waals surface area contributed by atoms with Gasteiger partial charge in [-0.2, -0.15) is 13.2 Å². The van der Waals surface area contributed by atoms with Gasteiger partial charge in [-0.3, -0.25) is 4.79 Å². The van der Waals surface area contributed by atoms with Gasteiger partial charge < -0.3 is 15.7 Å². The van der Waals surface area contributed by atoms with Crippen LogP contribution in [0.4, 0.5) is 13.2 Å².